The fraction of sp³-hybridized carbons (Fsp3) is 0.235. The molecule has 0 aliphatic carbocycles. The second-order valence-electron chi connectivity index (χ2n) is 5.62. The molecule has 5 nitrogen and oxygen atoms in total. The zero-order chi connectivity index (χ0) is 17.7. The van der Waals surface area contributed by atoms with Gasteiger partial charge in [-0.25, -0.2) is 17.5 Å². The molecular formula is C17H19FN2O3S. The largest absolute Gasteiger partial charge is 0.326 e. The molecule has 0 saturated carbocycles. The third-order valence-electron chi connectivity index (χ3n) is 3.34. The van der Waals surface area contributed by atoms with E-state index in [0.29, 0.717) is 5.69 Å². The normalized spacial score (nSPS) is 11.5. The Kier molecular flexibility index (Phi) is 5.69. The lowest BCUT2D eigenvalue weighted by atomic mass is 10.2. The van der Waals surface area contributed by atoms with E-state index in [2.05, 4.69) is 10.0 Å². The van der Waals surface area contributed by atoms with E-state index in [9.17, 15) is 17.6 Å². The molecule has 2 aromatic carbocycles. The Balaban J connectivity index is 1.99. The molecule has 0 atom stereocenters. The number of hydrogen-bond donors (Lipinski definition) is 2. The number of nitrogens with one attached hydrogen (secondary N) is 2. The third-order valence-corrected chi connectivity index (χ3v) is 4.75. The molecule has 0 heterocycles. The lowest BCUT2D eigenvalue weighted by Crippen LogP contribution is -2.23. The van der Waals surface area contributed by atoms with Gasteiger partial charge in [-0.2, -0.15) is 0 Å². The summed E-state index contributed by atoms with van der Waals surface area (Å²) in [6.07, 6.45) is 0. The molecule has 128 valence electrons. The molecule has 1 amide bonds. The fourth-order valence-corrected chi connectivity index (χ4v) is 2.89. The molecular weight excluding hydrogens is 331 g/mol. The minimum absolute atomic E-state index is 0.00437. The van der Waals surface area contributed by atoms with Gasteiger partial charge in [0.25, 0.3) is 0 Å². The maximum absolute atomic E-state index is 12.9. The molecule has 2 rings (SSSR count). The Hall–Kier alpha value is -2.25. The molecule has 0 aliphatic rings. The summed E-state index contributed by atoms with van der Waals surface area (Å²) in [5, 5.41) is 2.76. The summed E-state index contributed by atoms with van der Waals surface area (Å²) in [7, 11) is -3.70. The van der Waals surface area contributed by atoms with Gasteiger partial charge in [-0.15, -0.1) is 0 Å². The van der Waals surface area contributed by atoms with Crippen LogP contribution in [0.1, 0.15) is 19.4 Å². The van der Waals surface area contributed by atoms with Crippen LogP contribution in [-0.2, 0) is 21.4 Å². The summed E-state index contributed by atoms with van der Waals surface area (Å²) in [5.41, 5.74) is 1.39. The van der Waals surface area contributed by atoms with E-state index in [-0.39, 0.29) is 23.3 Å². The summed E-state index contributed by atoms with van der Waals surface area (Å²) in [6, 6.07) is 11.5. The number of carbonyl (C=O) groups is 1. The first kappa shape index (κ1) is 18.1. The lowest BCUT2D eigenvalue weighted by Gasteiger charge is -2.09. The minimum Gasteiger partial charge on any atom is -0.326 e. The highest BCUT2D eigenvalue weighted by Gasteiger charge is 2.13. The molecule has 0 bridgehead atoms. The quantitative estimate of drug-likeness (QED) is 0.841. The third kappa shape index (κ3) is 4.87. The maximum Gasteiger partial charge on any atom is 0.240 e. The molecule has 0 unspecified atom stereocenters. The molecule has 0 aliphatic heterocycles. The average Bonchev–Trinajstić information content (AvgIpc) is 2.54. The van der Waals surface area contributed by atoms with Crippen molar-refractivity contribution >= 4 is 21.6 Å². The second kappa shape index (κ2) is 7.55. The molecule has 0 aromatic heterocycles. The number of rotatable bonds is 6. The Morgan fingerprint density at radius 2 is 1.62 bits per heavy atom. The Labute approximate surface area is 141 Å². The smallest absolute Gasteiger partial charge is 0.240 e. The number of halogens is 1. The first-order valence-corrected chi connectivity index (χ1v) is 8.91. The van der Waals surface area contributed by atoms with Gasteiger partial charge in [-0.05, 0) is 42.0 Å². The van der Waals surface area contributed by atoms with Crippen LogP contribution in [0.2, 0.25) is 0 Å². The Bertz CT molecular complexity index is 801. The summed E-state index contributed by atoms with van der Waals surface area (Å²) in [6.45, 7) is 3.69. The van der Waals surface area contributed by atoms with Gasteiger partial charge in [0.1, 0.15) is 5.82 Å². The predicted molar refractivity (Wildman–Crippen MR) is 90.3 cm³/mol. The van der Waals surface area contributed by atoms with Gasteiger partial charge in [-0.1, -0.05) is 26.0 Å². The van der Waals surface area contributed by atoms with Gasteiger partial charge >= 0.3 is 0 Å². The van der Waals surface area contributed by atoms with E-state index in [0.717, 1.165) is 17.7 Å². The van der Waals surface area contributed by atoms with E-state index in [1.807, 2.05) is 0 Å². The van der Waals surface area contributed by atoms with Crippen molar-refractivity contribution in [2.75, 3.05) is 5.32 Å². The van der Waals surface area contributed by atoms with Crippen molar-refractivity contribution < 1.29 is 17.6 Å². The molecule has 2 aromatic rings. The second-order valence-corrected chi connectivity index (χ2v) is 7.39. The number of carbonyl (C=O) groups excluding carboxylic acids is 1. The number of anilines is 1. The first-order valence-electron chi connectivity index (χ1n) is 7.43. The molecule has 0 spiro atoms. The van der Waals surface area contributed by atoms with Crippen molar-refractivity contribution in [3.63, 3.8) is 0 Å². The van der Waals surface area contributed by atoms with Crippen LogP contribution in [0, 0.1) is 11.7 Å². The van der Waals surface area contributed by atoms with Gasteiger partial charge in [0, 0.05) is 18.2 Å². The molecule has 7 heteroatoms. The van der Waals surface area contributed by atoms with E-state index in [1.54, 1.807) is 38.1 Å². The minimum atomic E-state index is -3.70. The fourth-order valence-electron chi connectivity index (χ4n) is 1.87. The Morgan fingerprint density at radius 3 is 2.17 bits per heavy atom. The molecule has 0 radical (unpaired) electrons. The SMILES string of the molecule is CC(C)C(=O)Nc1ccc(CNS(=O)(=O)c2ccc(F)cc2)cc1. The first-order chi connectivity index (χ1) is 11.3. The molecule has 0 fully saturated rings. The lowest BCUT2D eigenvalue weighted by molar-refractivity contribution is -0.118. The molecule has 24 heavy (non-hydrogen) atoms. The van der Waals surface area contributed by atoms with Crippen molar-refractivity contribution in [2.45, 2.75) is 25.3 Å². The van der Waals surface area contributed by atoms with Crippen molar-refractivity contribution in [3.05, 3.63) is 59.9 Å². The van der Waals surface area contributed by atoms with E-state index in [1.165, 1.54) is 12.1 Å². The van der Waals surface area contributed by atoms with Gasteiger partial charge in [0.15, 0.2) is 0 Å². The van der Waals surface area contributed by atoms with Gasteiger partial charge < -0.3 is 5.32 Å². The highest BCUT2D eigenvalue weighted by molar-refractivity contribution is 7.89. The van der Waals surface area contributed by atoms with Crippen LogP contribution in [0.4, 0.5) is 10.1 Å². The van der Waals surface area contributed by atoms with E-state index < -0.39 is 15.8 Å². The maximum atomic E-state index is 12.9. The van der Waals surface area contributed by atoms with Crippen LogP contribution in [0.25, 0.3) is 0 Å². The number of benzene rings is 2. The summed E-state index contributed by atoms with van der Waals surface area (Å²) < 4.78 is 39.5. The molecule has 2 N–H and O–H groups in total. The van der Waals surface area contributed by atoms with Gasteiger partial charge in [0.05, 0.1) is 4.90 Å². The number of amides is 1. The van der Waals surface area contributed by atoms with Gasteiger partial charge in [-0.3, -0.25) is 4.79 Å². The zero-order valence-corrected chi connectivity index (χ0v) is 14.2. The van der Waals surface area contributed by atoms with Crippen LogP contribution in [0.5, 0.6) is 0 Å². The monoisotopic (exact) mass is 350 g/mol. The number of hydrogen-bond acceptors (Lipinski definition) is 3. The standard InChI is InChI=1S/C17H19FN2O3S/c1-12(2)17(21)20-15-7-3-13(4-8-15)11-19-24(22,23)16-9-5-14(18)6-10-16/h3-10,12,19H,11H2,1-2H3,(H,20,21). The van der Waals surface area contributed by atoms with E-state index in [4.69, 9.17) is 0 Å². The Morgan fingerprint density at radius 1 is 1.04 bits per heavy atom. The van der Waals surface area contributed by atoms with Gasteiger partial charge in [0.2, 0.25) is 15.9 Å². The highest BCUT2D eigenvalue weighted by Crippen LogP contribution is 2.13. The predicted octanol–water partition coefficient (Wildman–Crippen LogP) is 2.90. The van der Waals surface area contributed by atoms with Crippen LogP contribution in [0.3, 0.4) is 0 Å². The van der Waals surface area contributed by atoms with Crippen LogP contribution >= 0.6 is 0 Å². The van der Waals surface area contributed by atoms with E-state index >= 15 is 0 Å². The van der Waals surface area contributed by atoms with Crippen molar-refractivity contribution in [1.29, 1.82) is 0 Å². The molecule has 0 saturated heterocycles. The zero-order valence-electron chi connectivity index (χ0n) is 13.4. The van der Waals surface area contributed by atoms with Crippen molar-refractivity contribution in [3.8, 4) is 0 Å². The topological polar surface area (TPSA) is 75.3 Å². The summed E-state index contributed by atoms with van der Waals surface area (Å²) in [4.78, 5) is 11.6. The number of sulfonamides is 1. The summed E-state index contributed by atoms with van der Waals surface area (Å²) in [5.74, 6) is -0.694. The van der Waals surface area contributed by atoms with Crippen LogP contribution < -0.4 is 10.0 Å². The van der Waals surface area contributed by atoms with Crippen molar-refractivity contribution in [1.82, 2.24) is 4.72 Å². The summed E-state index contributed by atoms with van der Waals surface area (Å²) >= 11 is 0. The van der Waals surface area contributed by atoms with Crippen molar-refractivity contribution in [2.24, 2.45) is 5.92 Å². The highest BCUT2D eigenvalue weighted by atomic mass is 32.2. The average molecular weight is 350 g/mol. The van der Waals surface area contributed by atoms with Crippen LogP contribution in [-0.4, -0.2) is 14.3 Å². The van der Waals surface area contributed by atoms with Crippen LogP contribution in [0.15, 0.2) is 53.4 Å².